The molecule has 2 aromatic heterocycles. The summed E-state index contributed by atoms with van der Waals surface area (Å²) in [5.74, 6) is -1.05. The zero-order valence-corrected chi connectivity index (χ0v) is 15.0. The topological polar surface area (TPSA) is 110 Å². The lowest BCUT2D eigenvalue weighted by Crippen LogP contribution is -2.30. The van der Waals surface area contributed by atoms with Crippen LogP contribution >= 0.6 is 0 Å². The maximum atomic E-state index is 12.6. The fourth-order valence-electron chi connectivity index (χ4n) is 3.53. The van der Waals surface area contributed by atoms with Crippen molar-refractivity contribution in [3.05, 3.63) is 60.4 Å². The molecule has 4 rings (SSSR count). The van der Waals surface area contributed by atoms with Crippen molar-refractivity contribution in [1.82, 2.24) is 15.0 Å². The van der Waals surface area contributed by atoms with Crippen LogP contribution in [0.15, 0.2) is 57.9 Å². The van der Waals surface area contributed by atoms with E-state index in [9.17, 15) is 14.7 Å². The predicted molar refractivity (Wildman–Crippen MR) is 97.2 cm³/mol. The number of carbonyl (C=O) groups excluding carboxylic acids is 1. The van der Waals surface area contributed by atoms with Gasteiger partial charge < -0.3 is 18.9 Å². The highest BCUT2D eigenvalue weighted by Crippen LogP contribution is 2.33. The Balaban J connectivity index is 1.39. The second-order valence-electron chi connectivity index (χ2n) is 6.78. The number of hydrogen-bond donors (Lipinski definition) is 1. The van der Waals surface area contributed by atoms with Gasteiger partial charge in [0, 0.05) is 31.8 Å². The van der Waals surface area contributed by atoms with Gasteiger partial charge >= 0.3 is 5.97 Å². The van der Waals surface area contributed by atoms with E-state index in [0.29, 0.717) is 30.2 Å². The number of likely N-dealkylation sites (tertiary alicyclic amines) is 1. The molecule has 8 heteroatoms. The molecule has 1 fully saturated rings. The smallest absolute Gasteiger partial charge is 0.308 e. The highest BCUT2D eigenvalue weighted by Gasteiger charge is 2.40. The Labute approximate surface area is 160 Å². The second kappa shape index (κ2) is 7.67. The average molecular weight is 381 g/mol. The van der Waals surface area contributed by atoms with E-state index in [-0.39, 0.29) is 24.8 Å². The normalized spacial score (nSPS) is 19.1. The van der Waals surface area contributed by atoms with Gasteiger partial charge in [-0.15, -0.1) is 0 Å². The molecule has 1 aliphatic rings. The highest BCUT2D eigenvalue weighted by atomic mass is 16.5. The van der Waals surface area contributed by atoms with Gasteiger partial charge in [-0.1, -0.05) is 35.5 Å². The molecule has 1 N–H and O–H groups in total. The first-order chi connectivity index (χ1) is 13.6. The summed E-state index contributed by atoms with van der Waals surface area (Å²) in [6.45, 7) is 0.599. The minimum atomic E-state index is -0.884. The first kappa shape index (κ1) is 18.0. The quantitative estimate of drug-likeness (QED) is 0.699. The van der Waals surface area contributed by atoms with Gasteiger partial charge in [0.05, 0.1) is 17.7 Å². The summed E-state index contributed by atoms with van der Waals surface area (Å²) in [5.41, 5.74) is 1.64. The molecular formula is C20H19N3O5. The van der Waals surface area contributed by atoms with Crippen LogP contribution in [0.5, 0.6) is 0 Å². The van der Waals surface area contributed by atoms with E-state index in [4.69, 9.17) is 8.94 Å². The van der Waals surface area contributed by atoms with Gasteiger partial charge in [0.2, 0.25) is 17.6 Å². The van der Waals surface area contributed by atoms with Gasteiger partial charge in [-0.05, 0) is 11.6 Å². The number of carboxylic acid groups (broad SMARTS) is 1. The molecule has 8 nitrogen and oxygen atoms in total. The molecule has 0 bridgehead atoms. The lowest BCUT2D eigenvalue weighted by atomic mass is 9.89. The van der Waals surface area contributed by atoms with E-state index in [1.807, 2.05) is 30.3 Å². The van der Waals surface area contributed by atoms with Crippen molar-refractivity contribution in [2.24, 2.45) is 5.92 Å². The number of aliphatic carboxylic acids is 1. The van der Waals surface area contributed by atoms with Crippen LogP contribution in [0.4, 0.5) is 0 Å². The summed E-state index contributed by atoms with van der Waals surface area (Å²) in [6.07, 6.45) is 3.51. The standard InChI is InChI=1S/C20H19N3O5/c24-18(7-6-17-21-19(22-28-17)14-8-9-27-12-14)23-10-15(16(11-23)20(25)26)13-4-2-1-3-5-13/h1-5,8-9,12,15-16H,6-7,10-11H2,(H,25,26)/t15-,16-/m1/s1. The molecule has 144 valence electrons. The van der Waals surface area contributed by atoms with Crippen LogP contribution < -0.4 is 0 Å². The third kappa shape index (κ3) is 3.66. The van der Waals surface area contributed by atoms with Gasteiger partial charge in [-0.2, -0.15) is 4.98 Å². The fraction of sp³-hybridized carbons (Fsp3) is 0.300. The number of furan rings is 1. The molecule has 28 heavy (non-hydrogen) atoms. The predicted octanol–water partition coefficient (Wildman–Crippen LogP) is 2.59. The Hall–Kier alpha value is -3.42. The number of amides is 1. The molecule has 2 atom stereocenters. The molecule has 0 spiro atoms. The number of benzene rings is 1. The molecule has 1 aromatic carbocycles. The highest BCUT2D eigenvalue weighted by molar-refractivity contribution is 5.79. The van der Waals surface area contributed by atoms with Crippen molar-refractivity contribution in [3.63, 3.8) is 0 Å². The lowest BCUT2D eigenvalue weighted by molar-refractivity contribution is -0.141. The van der Waals surface area contributed by atoms with E-state index in [1.165, 1.54) is 12.5 Å². The Bertz CT molecular complexity index is 951. The molecule has 1 amide bonds. The van der Waals surface area contributed by atoms with Crippen molar-refractivity contribution < 1.29 is 23.6 Å². The summed E-state index contributed by atoms with van der Waals surface area (Å²) in [4.78, 5) is 30.2. The lowest BCUT2D eigenvalue weighted by Gasteiger charge is -2.16. The van der Waals surface area contributed by atoms with Crippen molar-refractivity contribution in [3.8, 4) is 11.4 Å². The molecule has 0 unspecified atom stereocenters. The number of nitrogens with zero attached hydrogens (tertiary/aromatic N) is 3. The summed E-state index contributed by atoms with van der Waals surface area (Å²) in [5, 5.41) is 13.4. The van der Waals surface area contributed by atoms with E-state index < -0.39 is 11.9 Å². The first-order valence-corrected chi connectivity index (χ1v) is 9.02. The Morgan fingerprint density at radius 1 is 1.18 bits per heavy atom. The molecule has 3 aromatic rings. The maximum Gasteiger partial charge on any atom is 0.308 e. The fourth-order valence-corrected chi connectivity index (χ4v) is 3.53. The molecule has 1 saturated heterocycles. The van der Waals surface area contributed by atoms with Crippen molar-refractivity contribution >= 4 is 11.9 Å². The molecule has 3 heterocycles. The zero-order valence-electron chi connectivity index (χ0n) is 15.0. The molecule has 0 aliphatic carbocycles. The van der Waals surface area contributed by atoms with E-state index in [0.717, 1.165) is 5.56 Å². The third-order valence-electron chi connectivity index (χ3n) is 5.02. The summed E-state index contributed by atoms with van der Waals surface area (Å²) < 4.78 is 10.2. The first-order valence-electron chi connectivity index (χ1n) is 9.02. The van der Waals surface area contributed by atoms with Crippen LogP contribution in [0.2, 0.25) is 0 Å². The summed E-state index contributed by atoms with van der Waals surface area (Å²) in [6, 6.07) is 11.2. The van der Waals surface area contributed by atoms with E-state index >= 15 is 0 Å². The Kier molecular flexibility index (Phi) is 4.92. The monoisotopic (exact) mass is 381 g/mol. The second-order valence-corrected chi connectivity index (χ2v) is 6.78. The Morgan fingerprint density at radius 2 is 2.00 bits per heavy atom. The minimum absolute atomic E-state index is 0.118. The number of aryl methyl sites for hydroxylation is 1. The number of hydrogen-bond acceptors (Lipinski definition) is 6. The average Bonchev–Trinajstić information content (AvgIpc) is 3.46. The Morgan fingerprint density at radius 3 is 2.71 bits per heavy atom. The van der Waals surface area contributed by atoms with Crippen LogP contribution in [0, 0.1) is 5.92 Å². The van der Waals surface area contributed by atoms with E-state index in [2.05, 4.69) is 10.1 Å². The van der Waals surface area contributed by atoms with Crippen LogP contribution in [-0.2, 0) is 16.0 Å². The number of rotatable bonds is 6. The SMILES string of the molecule is O=C(O)[C@@H]1CN(C(=O)CCc2nc(-c3ccoc3)no2)C[C@@H]1c1ccccc1. The summed E-state index contributed by atoms with van der Waals surface area (Å²) in [7, 11) is 0. The molecule has 0 saturated carbocycles. The number of aromatic nitrogens is 2. The van der Waals surface area contributed by atoms with Crippen LogP contribution in [0.1, 0.15) is 23.8 Å². The minimum Gasteiger partial charge on any atom is -0.481 e. The van der Waals surface area contributed by atoms with Crippen molar-refractivity contribution in [2.45, 2.75) is 18.8 Å². The van der Waals surface area contributed by atoms with Gasteiger partial charge in [0.25, 0.3) is 0 Å². The van der Waals surface area contributed by atoms with Gasteiger partial charge in [0.1, 0.15) is 6.26 Å². The van der Waals surface area contributed by atoms with Gasteiger partial charge in [-0.3, -0.25) is 9.59 Å². The maximum absolute atomic E-state index is 12.6. The van der Waals surface area contributed by atoms with Crippen molar-refractivity contribution in [1.29, 1.82) is 0 Å². The number of carbonyl (C=O) groups is 2. The summed E-state index contributed by atoms with van der Waals surface area (Å²) >= 11 is 0. The number of carboxylic acids is 1. The van der Waals surface area contributed by atoms with Crippen molar-refractivity contribution in [2.75, 3.05) is 13.1 Å². The largest absolute Gasteiger partial charge is 0.481 e. The van der Waals surface area contributed by atoms with Crippen LogP contribution in [-0.4, -0.2) is 45.1 Å². The van der Waals surface area contributed by atoms with E-state index in [1.54, 1.807) is 11.0 Å². The third-order valence-corrected chi connectivity index (χ3v) is 5.02. The van der Waals surface area contributed by atoms with Crippen LogP contribution in [0.3, 0.4) is 0 Å². The van der Waals surface area contributed by atoms with Gasteiger partial charge in [-0.25, -0.2) is 0 Å². The molecular weight excluding hydrogens is 362 g/mol. The van der Waals surface area contributed by atoms with Crippen LogP contribution in [0.25, 0.3) is 11.4 Å². The molecule has 0 radical (unpaired) electrons. The molecule has 1 aliphatic heterocycles. The zero-order chi connectivity index (χ0) is 19.5. The van der Waals surface area contributed by atoms with Gasteiger partial charge in [0.15, 0.2) is 0 Å².